The van der Waals surface area contributed by atoms with Crippen molar-refractivity contribution in [1.29, 1.82) is 0 Å². The monoisotopic (exact) mass is 416 g/mol. The molecule has 2 aromatic carbocycles. The van der Waals surface area contributed by atoms with Crippen LogP contribution in [0.2, 0.25) is 0 Å². The summed E-state index contributed by atoms with van der Waals surface area (Å²) >= 11 is 0. The summed E-state index contributed by atoms with van der Waals surface area (Å²) in [6.07, 6.45) is 2.88. The number of rotatable bonds is 4. The van der Waals surface area contributed by atoms with E-state index in [0.717, 1.165) is 28.4 Å². The number of para-hydroxylation sites is 1. The summed E-state index contributed by atoms with van der Waals surface area (Å²) in [4.78, 5) is 42.5. The molecule has 5 rings (SSSR count). The Kier molecular flexibility index (Phi) is 4.73. The molecular weight excluding hydrogens is 392 g/mol. The number of aromatic nitrogens is 1. The maximum absolute atomic E-state index is 13.3. The normalized spacial score (nSPS) is 18.5. The van der Waals surface area contributed by atoms with Crippen molar-refractivity contribution in [3.63, 3.8) is 0 Å². The Morgan fingerprint density at radius 2 is 1.71 bits per heavy atom. The first kappa shape index (κ1) is 19.4. The molecule has 1 unspecified atom stereocenters. The fraction of sp³-hybridized carbons (Fsp3) is 0.292. The summed E-state index contributed by atoms with van der Waals surface area (Å²) in [6, 6.07) is 15.4. The molecule has 7 heteroatoms. The second kappa shape index (κ2) is 7.58. The number of piperazine rings is 1. The molecule has 0 aliphatic carbocycles. The van der Waals surface area contributed by atoms with Crippen molar-refractivity contribution in [2.75, 3.05) is 32.7 Å². The average molecular weight is 416 g/mol. The third kappa shape index (κ3) is 3.17. The molecule has 3 amide bonds. The van der Waals surface area contributed by atoms with Crippen LogP contribution in [-0.2, 0) is 16.6 Å². The second-order valence-electron chi connectivity index (χ2n) is 8.16. The lowest BCUT2D eigenvalue weighted by Gasteiger charge is -2.34. The van der Waals surface area contributed by atoms with Crippen LogP contribution in [-0.4, -0.2) is 70.2 Å². The quantitative estimate of drug-likeness (QED) is 0.612. The van der Waals surface area contributed by atoms with Crippen LogP contribution in [0.4, 0.5) is 0 Å². The Balaban J connectivity index is 1.51. The van der Waals surface area contributed by atoms with Crippen molar-refractivity contribution in [3.05, 3.63) is 71.4 Å². The SMILES string of the molecule is Cn1cc(C2c3ccccc3C(=O)N2CC(=O)N2CCN(C=O)CC2)c2ccccc21. The highest BCUT2D eigenvalue weighted by Crippen LogP contribution is 2.41. The second-order valence-corrected chi connectivity index (χ2v) is 8.16. The molecule has 7 nitrogen and oxygen atoms in total. The third-order valence-corrected chi connectivity index (χ3v) is 6.40. The molecule has 2 aliphatic rings. The molecule has 0 bridgehead atoms. The van der Waals surface area contributed by atoms with Crippen LogP contribution < -0.4 is 0 Å². The fourth-order valence-corrected chi connectivity index (χ4v) is 4.78. The zero-order valence-corrected chi connectivity index (χ0v) is 17.4. The van der Waals surface area contributed by atoms with Gasteiger partial charge in [-0.05, 0) is 17.7 Å². The number of amides is 3. The van der Waals surface area contributed by atoms with Crippen LogP contribution in [0, 0.1) is 0 Å². The molecule has 0 saturated carbocycles. The Bertz CT molecular complexity index is 1180. The van der Waals surface area contributed by atoms with E-state index in [0.29, 0.717) is 31.7 Å². The number of hydrogen-bond acceptors (Lipinski definition) is 3. The molecule has 2 aliphatic heterocycles. The largest absolute Gasteiger partial charge is 0.350 e. The van der Waals surface area contributed by atoms with E-state index in [2.05, 4.69) is 22.9 Å². The van der Waals surface area contributed by atoms with Crippen LogP contribution in [0.15, 0.2) is 54.7 Å². The maximum Gasteiger partial charge on any atom is 0.255 e. The molecule has 31 heavy (non-hydrogen) atoms. The van der Waals surface area contributed by atoms with Gasteiger partial charge in [0.1, 0.15) is 6.54 Å². The molecule has 3 aromatic rings. The molecule has 0 radical (unpaired) electrons. The molecule has 1 atom stereocenters. The number of aryl methyl sites for hydroxylation is 1. The van der Waals surface area contributed by atoms with Gasteiger partial charge in [-0.3, -0.25) is 14.4 Å². The number of benzene rings is 2. The Hall–Kier alpha value is -3.61. The number of carbonyl (C=O) groups is 3. The van der Waals surface area contributed by atoms with E-state index >= 15 is 0 Å². The van der Waals surface area contributed by atoms with Crippen molar-refractivity contribution in [1.82, 2.24) is 19.3 Å². The summed E-state index contributed by atoms with van der Waals surface area (Å²) in [6.45, 7) is 2.05. The zero-order chi connectivity index (χ0) is 21.5. The Morgan fingerprint density at radius 3 is 2.48 bits per heavy atom. The first-order valence-electron chi connectivity index (χ1n) is 10.5. The first-order valence-corrected chi connectivity index (χ1v) is 10.5. The van der Waals surface area contributed by atoms with E-state index in [4.69, 9.17) is 0 Å². The highest BCUT2D eigenvalue weighted by Gasteiger charge is 2.40. The number of hydrogen-bond donors (Lipinski definition) is 0. The predicted molar refractivity (Wildman–Crippen MR) is 116 cm³/mol. The smallest absolute Gasteiger partial charge is 0.255 e. The zero-order valence-electron chi connectivity index (χ0n) is 17.4. The van der Waals surface area contributed by atoms with Gasteiger partial charge in [-0.2, -0.15) is 0 Å². The van der Waals surface area contributed by atoms with E-state index < -0.39 is 0 Å². The molecule has 1 aromatic heterocycles. The lowest BCUT2D eigenvalue weighted by atomic mass is 9.97. The van der Waals surface area contributed by atoms with Gasteiger partial charge in [-0.1, -0.05) is 36.4 Å². The van der Waals surface area contributed by atoms with Crippen molar-refractivity contribution in [3.8, 4) is 0 Å². The predicted octanol–water partition coefficient (Wildman–Crippen LogP) is 2.02. The van der Waals surface area contributed by atoms with Crippen LogP contribution >= 0.6 is 0 Å². The number of carbonyl (C=O) groups excluding carboxylic acids is 3. The maximum atomic E-state index is 13.3. The van der Waals surface area contributed by atoms with E-state index in [1.165, 1.54) is 0 Å². The molecule has 1 fully saturated rings. The van der Waals surface area contributed by atoms with Gasteiger partial charge >= 0.3 is 0 Å². The summed E-state index contributed by atoms with van der Waals surface area (Å²) in [5.41, 5.74) is 3.70. The molecule has 0 spiro atoms. The van der Waals surface area contributed by atoms with E-state index in [9.17, 15) is 14.4 Å². The van der Waals surface area contributed by atoms with Gasteiger partial charge in [0.2, 0.25) is 12.3 Å². The van der Waals surface area contributed by atoms with Gasteiger partial charge < -0.3 is 19.3 Å². The van der Waals surface area contributed by atoms with Crippen molar-refractivity contribution >= 4 is 29.1 Å². The van der Waals surface area contributed by atoms with Crippen molar-refractivity contribution in [2.45, 2.75) is 6.04 Å². The Labute approximate surface area is 180 Å². The molecule has 158 valence electrons. The van der Waals surface area contributed by atoms with Gasteiger partial charge in [0.25, 0.3) is 5.91 Å². The molecule has 0 N–H and O–H groups in total. The van der Waals surface area contributed by atoms with Gasteiger partial charge in [-0.15, -0.1) is 0 Å². The average Bonchev–Trinajstić information content (AvgIpc) is 3.28. The van der Waals surface area contributed by atoms with E-state index in [1.807, 2.05) is 43.4 Å². The van der Waals surface area contributed by atoms with Gasteiger partial charge in [0.15, 0.2) is 0 Å². The lowest BCUT2D eigenvalue weighted by Crippen LogP contribution is -2.51. The fourth-order valence-electron chi connectivity index (χ4n) is 4.78. The first-order chi connectivity index (χ1) is 15.1. The van der Waals surface area contributed by atoms with E-state index in [1.54, 1.807) is 14.7 Å². The highest BCUT2D eigenvalue weighted by molar-refractivity contribution is 6.02. The minimum absolute atomic E-state index is 0.0164. The molecule has 1 saturated heterocycles. The summed E-state index contributed by atoms with van der Waals surface area (Å²) in [7, 11) is 2.00. The van der Waals surface area contributed by atoms with Crippen LogP contribution in [0.5, 0.6) is 0 Å². The summed E-state index contributed by atoms with van der Waals surface area (Å²) in [5.74, 6) is -0.203. The highest BCUT2D eigenvalue weighted by atomic mass is 16.2. The van der Waals surface area contributed by atoms with Gasteiger partial charge in [0, 0.05) is 61.5 Å². The van der Waals surface area contributed by atoms with Crippen LogP contribution in [0.3, 0.4) is 0 Å². The van der Waals surface area contributed by atoms with Gasteiger partial charge in [-0.25, -0.2) is 0 Å². The summed E-state index contributed by atoms with van der Waals surface area (Å²) < 4.78 is 2.06. The van der Waals surface area contributed by atoms with Crippen LogP contribution in [0.25, 0.3) is 10.9 Å². The standard InChI is InChI=1S/C24H24N4O3/c1-25-14-20(17-6-4-5-9-21(17)25)23-18-7-2-3-8-19(18)24(31)28(23)15-22(30)27-12-10-26(16-29)11-13-27/h2-9,14,16,23H,10-13,15H2,1H3. The topological polar surface area (TPSA) is 65.9 Å². The minimum Gasteiger partial charge on any atom is -0.350 e. The minimum atomic E-state index is -0.310. The van der Waals surface area contributed by atoms with Crippen molar-refractivity contribution in [2.24, 2.45) is 7.05 Å². The van der Waals surface area contributed by atoms with E-state index in [-0.39, 0.29) is 24.4 Å². The molecule has 3 heterocycles. The third-order valence-electron chi connectivity index (χ3n) is 6.40. The number of fused-ring (bicyclic) bond motifs is 2. The Morgan fingerprint density at radius 1 is 1.00 bits per heavy atom. The number of nitrogens with zero attached hydrogens (tertiary/aromatic N) is 4. The van der Waals surface area contributed by atoms with Crippen LogP contribution in [0.1, 0.15) is 27.5 Å². The van der Waals surface area contributed by atoms with Gasteiger partial charge in [0.05, 0.1) is 6.04 Å². The lowest BCUT2D eigenvalue weighted by molar-refractivity contribution is -0.135. The molecular formula is C24H24N4O3. The summed E-state index contributed by atoms with van der Waals surface area (Å²) in [5, 5.41) is 1.08. The van der Waals surface area contributed by atoms with Crippen molar-refractivity contribution < 1.29 is 14.4 Å².